The SMILES string of the molecule is C=C[C@@H]1CC[C@@H](C=C)C12CN(Cc1ccccc1)C(=O)O2. The maximum absolute atomic E-state index is 12.3. The fourth-order valence-corrected chi connectivity index (χ4v) is 3.69. The first-order valence-electron chi connectivity index (χ1n) is 7.46. The zero-order valence-corrected chi connectivity index (χ0v) is 12.2. The van der Waals surface area contributed by atoms with E-state index in [1.165, 1.54) is 0 Å². The van der Waals surface area contributed by atoms with Crippen molar-refractivity contribution in [3.8, 4) is 0 Å². The number of ether oxygens (including phenoxy) is 1. The molecule has 2 atom stereocenters. The highest BCUT2D eigenvalue weighted by Gasteiger charge is 2.56. The molecule has 0 bridgehead atoms. The van der Waals surface area contributed by atoms with Gasteiger partial charge in [-0.3, -0.25) is 4.90 Å². The summed E-state index contributed by atoms with van der Waals surface area (Å²) in [6, 6.07) is 10.0. The topological polar surface area (TPSA) is 29.5 Å². The second kappa shape index (κ2) is 5.40. The van der Waals surface area contributed by atoms with Crippen LogP contribution in [0.4, 0.5) is 4.79 Å². The zero-order chi connectivity index (χ0) is 14.9. The van der Waals surface area contributed by atoms with Crippen molar-refractivity contribution in [2.75, 3.05) is 6.54 Å². The molecular formula is C18H21NO2. The normalized spacial score (nSPS) is 26.9. The number of hydrogen-bond donors (Lipinski definition) is 0. The van der Waals surface area contributed by atoms with Crippen molar-refractivity contribution < 1.29 is 9.53 Å². The number of nitrogens with zero attached hydrogens (tertiary/aromatic N) is 1. The molecule has 110 valence electrons. The zero-order valence-electron chi connectivity index (χ0n) is 12.2. The van der Waals surface area contributed by atoms with Gasteiger partial charge in [0.2, 0.25) is 0 Å². The summed E-state index contributed by atoms with van der Waals surface area (Å²) in [7, 11) is 0. The van der Waals surface area contributed by atoms with Gasteiger partial charge < -0.3 is 4.74 Å². The molecule has 1 aromatic carbocycles. The van der Waals surface area contributed by atoms with Crippen LogP contribution in [0.3, 0.4) is 0 Å². The summed E-state index contributed by atoms with van der Waals surface area (Å²) in [5, 5.41) is 0. The van der Waals surface area contributed by atoms with Gasteiger partial charge in [0.05, 0.1) is 6.54 Å². The summed E-state index contributed by atoms with van der Waals surface area (Å²) < 4.78 is 5.85. The van der Waals surface area contributed by atoms with Gasteiger partial charge in [-0.2, -0.15) is 0 Å². The molecule has 3 rings (SSSR count). The third kappa shape index (κ3) is 2.27. The Balaban J connectivity index is 1.82. The standard InChI is InChI=1S/C18H21NO2/c1-3-15-10-11-16(4-2)18(15)13-19(17(20)21-18)12-14-8-6-5-7-9-14/h3-9,15-16H,1-2,10-13H2/t15-,16-/m1/s1. The second-order valence-corrected chi connectivity index (χ2v) is 5.93. The van der Waals surface area contributed by atoms with Crippen molar-refractivity contribution in [3.05, 3.63) is 61.2 Å². The van der Waals surface area contributed by atoms with E-state index in [4.69, 9.17) is 4.74 Å². The highest BCUT2D eigenvalue weighted by molar-refractivity contribution is 5.71. The van der Waals surface area contributed by atoms with Crippen molar-refractivity contribution >= 4 is 6.09 Å². The number of rotatable bonds is 4. The molecule has 0 aromatic heterocycles. The van der Waals surface area contributed by atoms with Gasteiger partial charge in [-0.25, -0.2) is 4.79 Å². The summed E-state index contributed by atoms with van der Waals surface area (Å²) in [5.74, 6) is 0.426. The number of carbonyl (C=O) groups is 1. The lowest BCUT2D eigenvalue weighted by molar-refractivity contribution is 0.0173. The Morgan fingerprint density at radius 3 is 2.38 bits per heavy atom. The van der Waals surface area contributed by atoms with Crippen LogP contribution < -0.4 is 0 Å². The average molecular weight is 283 g/mol. The Morgan fingerprint density at radius 1 is 1.19 bits per heavy atom. The lowest BCUT2D eigenvalue weighted by Crippen LogP contribution is -2.42. The number of carbonyl (C=O) groups excluding carboxylic acids is 1. The molecule has 1 saturated carbocycles. The molecule has 1 heterocycles. The van der Waals surface area contributed by atoms with Crippen LogP contribution in [0.2, 0.25) is 0 Å². The molecule has 2 aliphatic rings. The molecular weight excluding hydrogens is 262 g/mol. The summed E-state index contributed by atoms with van der Waals surface area (Å²) in [5.41, 5.74) is 0.657. The number of benzene rings is 1. The van der Waals surface area contributed by atoms with E-state index in [1.54, 1.807) is 4.90 Å². The Kier molecular flexibility index (Phi) is 3.58. The van der Waals surface area contributed by atoms with Crippen molar-refractivity contribution in [2.24, 2.45) is 11.8 Å². The molecule has 1 aliphatic heterocycles. The first kappa shape index (κ1) is 13.9. The molecule has 1 saturated heterocycles. The molecule has 0 N–H and O–H groups in total. The fourth-order valence-electron chi connectivity index (χ4n) is 3.69. The van der Waals surface area contributed by atoms with Gasteiger partial charge in [-0.05, 0) is 18.4 Å². The Hall–Kier alpha value is -2.03. The molecule has 1 aromatic rings. The van der Waals surface area contributed by atoms with Crippen LogP contribution in [0.15, 0.2) is 55.6 Å². The minimum Gasteiger partial charge on any atom is -0.440 e. The minimum absolute atomic E-state index is 0.213. The van der Waals surface area contributed by atoms with Gasteiger partial charge in [0.15, 0.2) is 0 Å². The van der Waals surface area contributed by atoms with Crippen LogP contribution >= 0.6 is 0 Å². The van der Waals surface area contributed by atoms with Gasteiger partial charge in [0, 0.05) is 18.4 Å². The van der Waals surface area contributed by atoms with E-state index in [0.29, 0.717) is 13.1 Å². The molecule has 2 fully saturated rings. The third-order valence-electron chi connectivity index (χ3n) is 4.80. The predicted octanol–water partition coefficient (Wildman–Crippen LogP) is 3.78. The number of hydrogen-bond acceptors (Lipinski definition) is 2. The summed E-state index contributed by atoms with van der Waals surface area (Å²) >= 11 is 0. The summed E-state index contributed by atoms with van der Waals surface area (Å²) in [4.78, 5) is 14.1. The lowest BCUT2D eigenvalue weighted by atomic mass is 9.84. The van der Waals surface area contributed by atoms with E-state index >= 15 is 0 Å². The minimum atomic E-state index is -0.463. The van der Waals surface area contributed by atoms with Crippen LogP contribution in [0.25, 0.3) is 0 Å². The van der Waals surface area contributed by atoms with Crippen molar-refractivity contribution in [2.45, 2.75) is 25.0 Å². The Morgan fingerprint density at radius 2 is 1.81 bits per heavy atom. The molecule has 3 heteroatoms. The number of amides is 1. The van der Waals surface area contributed by atoms with Crippen molar-refractivity contribution in [1.82, 2.24) is 4.90 Å². The Labute approximate surface area is 125 Å². The molecule has 0 unspecified atom stereocenters. The summed E-state index contributed by atoms with van der Waals surface area (Å²) in [6.45, 7) is 9.05. The predicted molar refractivity (Wildman–Crippen MR) is 82.7 cm³/mol. The quantitative estimate of drug-likeness (QED) is 0.787. The van der Waals surface area contributed by atoms with E-state index < -0.39 is 5.60 Å². The lowest BCUT2D eigenvalue weighted by Gasteiger charge is -2.31. The van der Waals surface area contributed by atoms with Gasteiger partial charge >= 0.3 is 6.09 Å². The van der Waals surface area contributed by atoms with Gasteiger partial charge in [-0.1, -0.05) is 42.5 Å². The largest absolute Gasteiger partial charge is 0.440 e. The van der Waals surface area contributed by atoms with E-state index in [1.807, 2.05) is 42.5 Å². The third-order valence-corrected chi connectivity index (χ3v) is 4.80. The second-order valence-electron chi connectivity index (χ2n) is 5.93. The monoisotopic (exact) mass is 283 g/mol. The maximum Gasteiger partial charge on any atom is 0.410 e. The van der Waals surface area contributed by atoms with Gasteiger partial charge in [0.25, 0.3) is 0 Å². The maximum atomic E-state index is 12.3. The molecule has 1 spiro atoms. The fraction of sp³-hybridized carbons (Fsp3) is 0.389. The average Bonchev–Trinajstić information content (AvgIpc) is 3.00. The van der Waals surface area contributed by atoms with Crippen LogP contribution in [0.5, 0.6) is 0 Å². The first-order chi connectivity index (χ1) is 10.2. The van der Waals surface area contributed by atoms with E-state index in [9.17, 15) is 4.79 Å². The highest BCUT2D eigenvalue weighted by atomic mass is 16.6. The van der Waals surface area contributed by atoms with Gasteiger partial charge in [0.1, 0.15) is 5.60 Å². The van der Waals surface area contributed by atoms with Crippen LogP contribution in [-0.2, 0) is 11.3 Å². The van der Waals surface area contributed by atoms with Crippen molar-refractivity contribution in [3.63, 3.8) is 0 Å². The highest BCUT2D eigenvalue weighted by Crippen LogP contribution is 2.48. The van der Waals surface area contributed by atoms with E-state index in [2.05, 4.69) is 13.2 Å². The van der Waals surface area contributed by atoms with Crippen LogP contribution in [-0.4, -0.2) is 23.1 Å². The van der Waals surface area contributed by atoms with E-state index in [-0.39, 0.29) is 17.9 Å². The molecule has 21 heavy (non-hydrogen) atoms. The molecule has 0 radical (unpaired) electrons. The molecule has 1 aliphatic carbocycles. The first-order valence-corrected chi connectivity index (χ1v) is 7.46. The van der Waals surface area contributed by atoms with Crippen molar-refractivity contribution in [1.29, 1.82) is 0 Å². The van der Waals surface area contributed by atoms with E-state index in [0.717, 1.165) is 18.4 Å². The van der Waals surface area contributed by atoms with Gasteiger partial charge in [-0.15, -0.1) is 13.2 Å². The smallest absolute Gasteiger partial charge is 0.410 e. The summed E-state index contributed by atoms with van der Waals surface area (Å²) in [6.07, 6.45) is 5.66. The Bertz CT molecular complexity index is 536. The molecule has 3 nitrogen and oxygen atoms in total. The van der Waals surface area contributed by atoms with Crippen LogP contribution in [0.1, 0.15) is 18.4 Å². The molecule has 1 amide bonds. The van der Waals surface area contributed by atoms with Crippen LogP contribution in [0, 0.1) is 11.8 Å².